The van der Waals surface area contributed by atoms with Gasteiger partial charge in [0.1, 0.15) is 0 Å². The van der Waals surface area contributed by atoms with Gasteiger partial charge in [0.2, 0.25) is 0 Å². The number of hydrogen-bond donors (Lipinski definition) is 0. The van der Waals surface area contributed by atoms with Crippen molar-refractivity contribution in [2.75, 3.05) is 0 Å². The van der Waals surface area contributed by atoms with E-state index in [9.17, 15) is 4.79 Å². The molecule has 0 spiro atoms. The number of nitriles is 1. The van der Waals surface area contributed by atoms with Gasteiger partial charge in [-0.15, -0.1) is 5.10 Å². The van der Waals surface area contributed by atoms with Crippen LogP contribution >= 0.6 is 0 Å². The minimum absolute atomic E-state index is 0.0938. The average molecular weight is 213 g/mol. The van der Waals surface area contributed by atoms with E-state index in [0.29, 0.717) is 16.7 Å². The van der Waals surface area contributed by atoms with Crippen LogP contribution in [0.4, 0.5) is 0 Å². The van der Waals surface area contributed by atoms with Gasteiger partial charge in [-0.25, -0.2) is 4.79 Å². The molecule has 5 nitrogen and oxygen atoms in total. The van der Waals surface area contributed by atoms with Crippen LogP contribution in [-0.4, -0.2) is 9.78 Å². The molecule has 0 bridgehead atoms. The van der Waals surface area contributed by atoms with Crippen molar-refractivity contribution in [3.8, 4) is 17.5 Å². The lowest BCUT2D eigenvalue weighted by Crippen LogP contribution is -2.09. The monoisotopic (exact) mass is 213 g/mol. The Kier molecular flexibility index (Phi) is 2.33. The van der Waals surface area contributed by atoms with Crippen molar-refractivity contribution in [2.45, 2.75) is 0 Å². The number of aromatic nitrogens is 2. The van der Waals surface area contributed by atoms with Gasteiger partial charge in [0, 0.05) is 7.05 Å². The maximum Gasteiger partial charge on any atom is 0.437 e. The number of rotatable bonds is 1. The highest BCUT2D eigenvalue weighted by molar-refractivity contribution is 5.64. The van der Waals surface area contributed by atoms with Gasteiger partial charge in [-0.2, -0.15) is 9.94 Å². The van der Waals surface area contributed by atoms with Gasteiger partial charge in [-0.1, -0.05) is 6.07 Å². The molecule has 0 saturated heterocycles. The minimum atomic E-state index is -0.582. The third kappa shape index (κ3) is 1.61. The summed E-state index contributed by atoms with van der Waals surface area (Å²) in [5.41, 5.74) is 1.25. The molecule has 0 unspecified atom stereocenters. The van der Waals surface area contributed by atoms with E-state index in [4.69, 9.17) is 16.6 Å². The zero-order valence-corrected chi connectivity index (χ0v) is 8.47. The van der Waals surface area contributed by atoms with E-state index in [2.05, 4.69) is 5.10 Å². The van der Waals surface area contributed by atoms with Gasteiger partial charge in [0.05, 0.1) is 17.2 Å². The summed E-state index contributed by atoms with van der Waals surface area (Å²) in [6.07, 6.45) is 0. The Hall–Kier alpha value is -2.35. The van der Waals surface area contributed by atoms with Crippen LogP contribution in [0.5, 0.6) is 0 Å². The van der Waals surface area contributed by atoms with Crippen LogP contribution < -0.4 is 5.76 Å². The average Bonchev–Trinajstić information content (AvgIpc) is 2.59. The molecule has 16 heavy (non-hydrogen) atoms. The number of nitrogens with zero attached hydrogens (tertiary/aromatic N) is 3. The highest BCUT2D eigenvalue weighted by Crippen LogP contribution is 2.21. The van der Waals surface area contributed by atoms with Crippen LogP contribution in [-0.2, 0) is 7.05 Å². The van der Waals surface area contributed by atoms with Crippen LogP contribution in [0.2, 0.25) is 0 Å². The summed E-state index contributed by atoms with van der Waals surface area (Å²) in [5.74, 6) is -0.488. The lowest BCUT2D eigenvalue weighted by Gasteiger charge is -1.99. The first-order valence-electron chi connectivity index (χ1n) is 4.46. The quantitative estimate of drug-likeness (QED) is 0.707. The molecule has 1 aromatic carbocycles. The van der Waals surface area contributed by atoms with Crippen molar-refractivity contribution in [2.24, 2.45) is 7.05 Å². The van der Waals surface area contributed by atoms with Crippen molar-refractivity contribution in [1.82, 2.24) is 9.78 Å². The largest absolute Gasteiger partial charge is 0.437 e. The first-order valence-corrected chi connectivity index (χ1v) is 4.46. The lowest BCUT2D eigenvalue weighted by molar-refractivity contribution is 0.505. The van der Waals surface area contributed by atoms with Crippen molar-refractivity contribution in [1.29, 1.82) is 5.26 Å². The second-order valence-corrected chi connectivity index (χ2v) is 3.21. The fraction of sp³-hybridized carbons (Fsp3) is 0.0909. The Bertz CT molecular complexity index is 631. The molecule has 1 heterocycles. The molecule has 2 rings (SSSR count). The van der Waals surface area contributed by atoms with Gasteiger partial charge in [-0.05, 0) is 24.6 Å². The number of aryl methyl sites for hydroxylation is 1. The predicted octanol–water partition coefficient (Wildman–Crippen LogP) is 0.971. The molecule has 0 aliphatic carbocycles. The van der Waals surface area contributed by atoms with Crippen LogP contribution in [0.3, 0.4) is 0 Å². The summed E-state index contributed by atoms with van der Waals surface area (Å²) < 4.78 is 5.94. The molecule has 0 aliphatic heterocycles. The van der Waals surface area contributed by atoms with E-state index >= 15 is 0 Å². The fourth-order valence-corrected chi connectivity index (χ4v) is 1.29. The molecule has 0 aliphatic rings. The predicted molar refractivity (Wildman–Crippen MR) is 55.3 cm³/mol. The zero-order chi connectivity index (χ0) is 11.7. The number of benzene rings is 1. The van der Waals surface area contributed by atoms with Crippen molar-refractivity contribution in [3.63, 3.8) is 0 Å². The maximum absolute atomic E-state index is 11.1. The maximum atomic E-state index is 11.1. The summed E-state index contributed by atoms with van der Waals surface area (Å²) in [7, 11) is 1.47. The Labute approximate surface area is 91.5 Å². The summed E-state index contributed by atoms with van der Waals surface area (Å²) >= 11 is 0. The van der Waals surface area contributed by atoms with Crippen LogP contribution in [0.15, 0.2) is 27.4 Å². The van der Waals surface area contributed by atoms with E-state index in [1.807, 2.05) is 6.07 Å². The first kappa shape index (κ1) is 10.2. The standard InChI is InChI=1S/C11H7N3O2/c1-7-3-4-8(6-12)9(5-7)10-13-14(2)11(15)16-10/h1,3-5H,2H3. The smallest absolute Gasteiger partial charge is 0.388 e. The molecular weight excluding hydrogens is 206 g/mol. The summed E-state index contributed by atoms with van der Waals surface area (Å²) in [5, 5.41) is 12.8. The van der Waals surface area contributed by atoms with E-state index < -0.39 is 5.76 Å². The third-order valence-corrected chi connectivity index (χ3v) is 2.08. The van der Waals surface area contributed by atoms with Crippen molar-refractivity contribution in [3.05, 3.63) is 46.8 Å². The summed E-state index contributed by atoms with van der Waals surface area (Å²) in [4.78, 5) is 11.1. The summed E-state index contributed by atoms with van der Waals surface area (Å²) in [6.45, 7) is 5.60. The molecular formula is C11H7N3O2. The molecule has 0 N–H and O–H groups in total. The second kappa shape index (κ2) is 3.66. The second-order valence-electron chi connectivity index (χ2n) is 3.21. The molecule has 2 radical (unpaired) electrons. The molecule has 0 fully saturated rings. The summed E-state index contributed by atoms with van der Waals surface area (Å²) in [6, 6.07) is 6.68. The topological polar surface area (TPSA) is 71.8 Å². The lowest BCUT2D eigenvalue weighted by atomic mass is 10.1. The molecule has 0 atom stereocenters. The first-order chi connectivity index (χ1) is 7.61. The highest BCUT2D eigenvalue weighted by atomic mass is 16.4. The van der Waals surface area contributed by atoms with Gasteiger partial charge in [-0.3, -0.25) is 0 Å². The van der Waals surface area contributed by atoms with Crippen LogP contribution in [0, 0.1) is 18.3 Å². The number of hydrogen-bond acceptors (Lipinski definition) is 4. The van der Waals surface area contributed by atoms with Crippen molar-refractivity contribution >= 4 is 0 Å². The SMILES string of the molecule is [CH]c1ccc(C#N)c(-c2nn(C)c(=O)o2)c1. The fourth-order valence-electron chi connectivity index (χ4n) is 1.29. The van der Waals surface area contributed by atoms with E-state index in [0.717, 1.165) is 4.68 Å². The molecule has 78 valence electrons. The molecule has 1 aromatic heterocycles. The third-order valence-electron chi connectivity index (χ3n) is 2.08. The van der Waals surface area contributed by atoms with Crippen LogP contribution in [0.25, 0.3) is 11.5 Å². The molecule has 2 aromatic rings. The minimum Gasteiger partial charge on any atom is -0.388 e. The molecule has 0 saturated carbocycles. The Morgan fingerprint density at radius 3 is 2.88 bits per heavy atom. The molecule has 5 heteroatoms. The van der Waals surface area contributed by atoms with Gasteiger partial charge < -0.3 is 4.42 Å². The Morgan fingerprint density at radius 1 is 1.56 bits per heavy atom. The van der Waals surface area contributed by atoms with Gasteiger partial charge in [0.15, 0.2) is 0 Å². The van der Waals surface area contributed by atoms with Crippen LogP contribution in [0.1, 0.15) is 11.1 Å². The van der Waals surface area contributed by atoms with Gasteiger partial charge >= 0.3 is 5.76 Å². The zero-order valence-electron chi connectivity index (χ0n) is 8.47. The normalized spacial score (nSPS) is 10.1. The van der Waals surface area contributed by atoms with Gasteiger partial charge in [0.25, 0.3) is 5.89 Å². The van der Waals surface area contributed by atoms with E-state index in [-0.39, 0.29) is 5.89 Å². The Balaban J connectivity index is 2.68. The highest BCUT2D eigenvalue weighted by Gasteiger charge is 2.12. The van der Waals surface area contributed by atoms with E-state index in [1.54, 1.807) is 18.2 Å². The van der Waals surface area contributed by atoms with Crippen molar-refractivity contribution < 1.29 is 4.42 Å². The molecule has 0 amide bonds. The Morgan fingerprint density at radius 2 is 2.31 bits per heavy atom. The van der Waals surface area contributed by atoms with E-state index in [1.165, 1.54) is 7.05 Å².